The van der Waals surface area contributed by atoms with Crippen molar-refractivity contribution in [2.24, 2.45) is 0 Å². The van der Waals surface area contributed by atoms with Crippen LogP contribution in [0.1, 0.15) is 38.5 Å². The summed E-state index contributed by atoms with van der Waals surface area (Å²) in [6.07, 6.45) is 7.49. The fourth-order valence-electron chi connectivity index (χ4n) is 2.29. The van der Waals surface area contributed by atoms with Crippen LogP contribution in [0.15, 0.2) is 23.0 Å². The van der Waals surface area contributed by atoms with Gasteiger partial charge in [-0.2, -0.15) is 0 Å². The lowest BCUT2D eigenvalue weighted by atomic mass is 10.1. The van der Waals surface area contributed by atoms with Gasteiger partial charge in [-0.3, -0.25) is 0 Å². The van der Waals surface area contributed by atoms with Gasteiger partial charge in [0.15, 0.2) is 0 Å². The van der Waals surface area contributed by atoms with Crippen molar-refractivity contribution in [3.05, 3.63) is 23.0 Å². The molecule has 0 aliphatic carbocycles. The maximum Gasteiger partial charge on any atom is 0.0880 e. The van der Waals surface area contributed by atoms with Crippen LogP contribution in [0.3, 0.4) is 0 Å². The summed E-state index contributed by atoms with van der Waals surface area (Å²) in [6, 6.07) is 0. The topological polar surface area (TPSA) is 18.5 Å². The molecule has 96 valence electrons. The minimum atomic E-state index is 0.217. The van der Waals surface area contributed by atoms with Gasteiger partial charge >= 0.3 is 0 Å². The van der Waals surface area contributed by atoms with Crippen LogP contribution < -0.4 is 0 Å². The van der Waals surface area contributed by atoms with Gasteiger partial charge in [0, 0.05) is 23.0 Å². The van der Waals surface area contributed by atoms with E-state index in [1.54, 1.807) is 11.8 Å². The quantitative estimate of drug-likeness (QED) is 0.758. The van der Waals surface area contributed by atoms with Crippen LogP contribution in [-0.2, 0) is 9.47 Å². The Bertz CT molecular complexity index is 248. The van der Waals surface area contributed by atoms with Crippen LogP contribution in [0, 0.1) is 0 Å². The highest BCUT2D eigenvalue weighted by Crippen LogP contribution is 2.35. The Kier molecular flexibility index (Phi) is 5.14. The van der Waals surface area contributed by atoms with Crippen molar-refractivity contribution < 1.29 is 9.47 Å². The van der Waals surface area contributed by atoms with E-state index in [1.807, 2.05) is 0 Å². The zero-order valence-electron chi connectivity index (χ0n) is 10.5. The second kappa shape index (κ2) is 6.62. The van der Waals surface area contributed by atoms with E-state index in [0.29, 0.717) is 0 Å². The fourth-order valence-corrected chi connectivity index (χ4v) is 3.26. The molecule has 2 heterocycles. The number of rotatable bonds is 4. The Morgan fingerprint density at radius 1 is 0.824 bits per heavy atom. The van der Waals surface area contributed by atoms with Crippen molar-refractivity contribution in [3.63, 3.8) is 0 Å². The third-order valence-electron chi connectivity index (χ3n) is 3.34. The van der Waals surface area contributed by atoms with Gasteiger partial charge in [0.05, 0.1) is 12.2 Å². The largest absolute Gasteiger partial charge is 0.373 e. The monoisotopic (exact) mass is 254 g/mol. The van der Waals surface area contributed by atoms with Gasteiger partial charge in [-0.15, -0.1) is 0 Å². The summed E-state index contributed by atoms with van der Waals surface area (Å²) in [5.41, 5.74) is 0. The smallest absolute Gasteiger partial charge is 0.0880 e. The lowest BCUT2D eigenvalue weighted by Gasteiger charge is -2.28. The van der Waals surface area contributed by atoms with Crippen LogP contribution in [0.4, 0.5) is 0 Å². The molecule has 3 heteroatoms. The summed E-state index contributed by atoms with van der Waals surface area (Å²) in [5.74, 6) is 0. The van der Waals surface area contributed by atoms with E-state index in [0.717, 1.165) is 35.9 Å². The van der Waals surface area contributed by atoms with Gasteiger partial charge in [-0.1, -0.05) is 24.9 Å². The van der Waals surface area contributed by atoms with Crippen molar-refractivity contribution in [3.8, 4) is 0 Å². The van der Waals surface area contributed by atoms with Crippen molar-refractivity contribution in [1.29, 1.82) is 0 Å². The molecule has 0 amide bonds. The van der Waals surface area contributed by atoms with E-state index in [2.05, 4.69) is 13.2 Å². The molecular formula is C14H22O2S. The summed E-state index contributed by atoms with van der Waals surface area (Å²) < 4.78 is 11.5. The zero-order chi connectivity index (χ0) is 12.1. The summed E-state index contributed by atoms with van der Waals surface area (Å²) in [6.45, 7) is 10.0. The van der Waals surface area contributed by atoms with Crippen LogP contribution in [0.5, 0.6) is 0 Å². The van der Waals surface area contributed by atoms with Gasteiger partial charge in [0.2, 0.25) is 0 Å². The van der Waals surface area contributed by atoms with E-state index in [9.17, 15) is 0 Å². The molecule has 2 aliphatic heterocycles. The summed E-state index contributed by atoms with van der Waals surface area (Å²) >= 11 is 1.67. The first-order chi connectivity index (χ1) is 8.27. The number of ether oxygens (including phenoxy) is 2. The lowest BCUT2D eigenvalue weighted by molar-refractivity contribution is 0.0425. The highest BCUT2D eigenvalue weighted by molar-refractivity contribution is 8.06. The maximum atomic E-state index is 5.73. The Labute approximate surface area is 108 Å². The predicted molar refractivity (Wildman–Crippen MR) is 73.1 cm³/mol. The van der Waals surface area contributed by atoms with E-state index >= 15 is 0 Å². The Morgan fingerprint density at radius 2 is 1.29 bits per heavy atom. The molecule has 0 bridgehead atoms. The standard InChI is InChI=1S/C14H22O2S/c1-11(13-7-3-5-9-15-13)17-12(2)14-8-4-6-10-16-14/h13-14H,1-10H2. The van der Waals surface area contributed by atoms with Crippen molar-refractivity contribution >= 4 is 11.8 Å². The molecule has 0 aromatic carbocycles. The first-order valence-corrected chi connectivity index (χ1v) is 7.37. The first kappa shape index (κ1) is 13.2. The molecule has 0 spiro atoms. The van der Waals surface area contributed by atoms with E-state index in [-0.39, 0.29) is 12.2 Å². The minimum Gasteiger partial charge on any atom is -0.373 e. The third-order valence-corrected chi connectivity index (χ3v) is 4.39. The molecule has 2 rings (SSSR count). The van der Waals surface area contributed by atoms with Gasteiger partial charge < -0.3 is 9.47 Å². The average Bonchev–Trinajstić information content (AvgIpc) is 2.40. The summed E-state index contributed by atoms with van der Waals surface area (Å²) in [7, 11) is 0. The molecule has 17 heavy (non-hydrogen) atoms. The average molecular weight is 254 g/mol. The highest BCUT2D eigenvalue weighted by Gasteiger charge is 2.22. The number of hydrogen-bond donors (Lipinski definition) is 0. The Balaban J connectivity index is 1.78. The normalized spacial score (nSPS) is 29.9. The molecule has 2 saturated heterocycles. The maximum absolute atomic E-state index is 5.73. The number of thioether (sulfide) groups is 1. The third kappa shape index (κ3) is 3.87. The van der Waals surface area contributed by atoms with Crippen molar-refractivity contribution in [2.45, 2.75) is 50.7 Å². The summed E-state index contributed by atoms with van der Waals surface area (Å²) in [5, 5.41) is 0. The zero-order valence-corrected chi connectivity index (χ0v) is 11.3. The van der Waals surface area contributed by atoms with Gasteiger partial charge in [-0.25, -0.2) is 0 Å². The molecule has 0 saturated carbocycles. The van der Waals surface area contributed by atoms with Crippen LogP contribution >= 0.6 is 11.8 Å². The molecule has 2 unspecified atom stereocenters. The molecule has 0 aromatic rings. The first-order valence-electron chi connectivity index (χ1n) is 6.56. The molecule has 2 atom stereocenters. The van der Waals surface area contributed by atoms with E-state index < -0.39 is 0 Å². The molecular weight excluding hydrogens is 232 g/mol. The fraction of sp³-hybridized carbons (Fsp3) is 0.714. The summed E-state index contributed by atoms with van der Waals surface area (Å²) in [4.78, 5) is 2.20. The van der Waals surface area contributed by atoms with Crippen LogP contribution in [0.25, 0.3) is 0 Å². The van der Waals surface area contributed by atoms with Crippen molar-refractivity contribution in [1.82, 2.24) is 0 Å². The van der Waals surface area contributed by atoms with Crippen LogP contribution in [-0.4, -0.2) is 25.4 Å². The molecule has 0 N–H and O–H groups in total. The van der Waals surface area contributed by atoms with Gasteiger partial charge in [-0.05, 0) is 38.5 Å². The second-order valence-electron chi connectivity index (χ2n) is 4.75. The Hall–Kier alpha value is -0.250. The second-order valence-corrected chi connectivity index (χ2v) is 6.00. The molecule has 2 fully saturated rings. The molecule has 2 nitrogen and oxygen atoms in total. The molecule has 0 aromatic heterocycles. The van der Waals surface area contributed by atoms with Gasteiger partial charge in [0.1, 0.15) is 0 Å². The number of hydrogen-bond acceptors (Lipinski definition) is 3. The minimum absolute atomic E-state index is 0.217. The molecule has 2 aliphatic rings. The Morgan fingerprint density at radius 3 is 1.65 bits per heavy atom. The van der Waals surface area contributed by atoms with E-state index in [1.165, 1.54) is 25.7 Å². The highest BCUT2D eigenvalue weighted by atomic mass is 32.2. The molecule has 0 radical (unpaired) electrons. The lowest BCUT2D eigenvalue weighted by Crippen LogP contribution is -2.22. The SMILES string of the molecule is C=C(SC(=C)C1CCCCO1)C1CCCCO1. The van der Waals surface area contributed by atoms with Crippen LogP contribution in [0.2, 0.25) is 0 Å². The predicted octanol–water partition coefficient (Wildman–Crippen LogP) is 3.89. The van der Waals surface area contributed by atoms with Crippen molar-refractivity contribution in [2.75, 3.05) is 13.2 Å². The van der Waals surface area contributed by atoms with Gasteiger partial charge in [0.25, 0.3) is 0 Å². The van der Waals surface area contributed by atoms with E-state index in [4.69, 9.17) is 9.47 Å².